The van der Waals surface area contributed by atoms with Gasteiger partial charge in [0.25, 0.3) is 0 Å². The summed E-state index contributed by atoms with van der Waals surface area (Å²) in [6, 6.07) is 3.81. The van der Waals surface area contributed by atoms with Gasteiger partial charge in [0.15, 0.2) is 6.29 Å². The highest BCUT2D eigenvalue weighted by molar-refractivity contribution is 9.10. The molecule has 0 atom stereocenters. The van der Waals surface area contributed by atoms with Crippen LogP contribution in [0.1, 0.15) is 34.9 Å². The highest BCUT2D eigenvalue weighted by Crippen LogP contribution is 2.40. The fourth-order valence-corrected chi connectivity index (χ4v) is 2.63. The molecule has 4 heteroatoms. The molecule has 0 radical (unpaired) electrons. The zero-order chi connectivity index (χ0) is 11.3. The summed E-state index contributed by atoms with van der Waals surface area (Å²) in [5.74, 6) is 1.70. The Morgan fingerprint density at radius 2 is 2.25 bits per heavy atom. The number of aromatic nitrogens is 2. The Labute approximate surface area is 102 Å². The molecule has 0 saturated heterocycles. The van der Waals surface area contributed by atoms with E-state index in [-0.39, 0.29) is 0 Å². The van der Waals surface area contributed by atoms with E-state index in [0.29, 0.717) is 11.5 Å². The van der Waals surface area contributed by atoms with E-state index in [9.17, 15) is 4.79 Å². The van der Waals surface area contributed by atoms with Gasteiger partial charge in [0.1, 0.15) is 5.82 Å². The number of halogens is 1. The molecule has 3 nitrogen and oxygen atoms in total. The van der Waals surface area contributed by atoms with Crippen LogP contribution in [0, 0.1) is 0 Å². The molecule has 1 aliphatic rings. The summed E-state index contributed by atoms with van der Waals surface area (Å²) >= 11 is 3.40. The third-order valence-corrected chi connectivity index (χ3v) is 3.53. The summed E-state index contributed by atoms with van der Waals surface area (Å²) < 4.78 is 2.96. The van der Waals surface area contributed by atoms with Gasteiger partial charge in [0.05, 0.1) is 11.0 Å². The van der Waals surface area contributed by atoms with E-state index in [2.05, 4.69) is 25.5 Å². The van der Waals surface area contributed by atoms with Crippen LogP contribution in [0.2, 0.25) is 0 Å². The van der Waals surface area contributed by atoms with Crippen LogP contribution in [0.3, 0.4) is 0 Å². The Morgan fingerprint density at radius 3 is 2.88 bits per heavy atom. The Balaban J connectivity index is 2.35. The van der Waals surface area contributed by atoms with E-state index in [1.807, 2.05) is 19.2 Å². The molecule has 1 saturated carbocycles. The summed E-state index contributed by atoms with van der Waals surface area (Å²) in [4.78, 5) is 15.7. The Morgan fingerprint density at radius 1 is 1.50 bits per heavy atom. The zero-order valence-corrected chi connectivity index (χ0v) is 10.5. The number of hydrogen-bond donors (Lipinski definition) is 0. The van der Waals surface area contributed by atoms with Crippen molar-refractivity contribution in [2.75, 3.05) is 0 Å². The van der Waals surface area contributed by atoms with Crippen LogP contribution in [-0.2, 0) is 7.05 Å². The van der Waals surface area contributed by atoms with Gasteiger partial charge in [-0.05, 0) is 25.0 Å². The fourth-order valence-electron chi connectivity index (χ4n) is 2.17. The topological polar surface area (TPSA) is 34.9 Å². The van der Waals surface area contributed by atoms with Gasteiger partial charge in [0, 0.05) is 23.0 Å². The predicted molar refractivity (Wildman–Crippen MR) is 65.8 cm³/mol. The number of aryl methyl sites for hydroxylation is 1. The average Bonchev–Trinajstić information content (AvgIpc) is 3.04. The van der Waals surface area contributed by atoms with Gasteiger partial charge in [-0.1, -0.05) is 15.9 Å². The molecular weight excluding hydrogens is 268 g/mol. The van der Waals surface area contributed by atoms with Gasteiger partial charge in [-0.3, -0.25) is 4.79 Å². The number of fused-ring (bicyclic) bond motifs is 1. The number of rotatable bonds is 2. The van der Waals surface area contributed by atoms with Crippen molar-refractivity contribution in [1.29, 1.82) is 0 Å². The summed E-state index contributed by atoms with van der Waals surface area (Å²) in [7, 11) is 1.99. The maximum Gasteiger partial charge on any atom is 0.152 e. The van der Waals surface area contributed by atoms with Gasteiger partial charge in [-0.25, -0.2) is 4.98 Å². The summed E-state index contributed by atoms with van der Waals surface area (Å²) in [6.45, 7) is 0. The van der Waals surface area contributed by atoms with Gasteiger partial charge in [0.2, 0.25) is 0 Å². The lowest BCUT2D eigenvalue weighted by molar-refractivity contribution is 0.112. The number of carbonyl (C=O) groups excluding carboxylic acids is 1. The van der Waals surface area contributed by atoms with E-state index >= 15 is 0 Å². The maximum atomic E-state index is 11.1. The van der Waals surface area contributed by atoms with E-state index in [1.54, 1.807) is 0 Å². The zero-order valence-electron chi connectivity index (χ0n) is 8.90. The van der Waals surface area contributed by atoms with Crippen molar-refractivity contribution in [3.63, 3.8) is 0 Å². The van der Waals surface area contributed by atoms with Crippen molar-refractivity contribution in [2.24, 2.45) is 7.05 Å². The molecule has 82 valence electrons. The standard InChI is InChI=1S/C12H11BrN2O/c1-15-11-8(6-16)4-9(13)5-10(11)14-12(15)7-2-3-7/h4-7H,2-3H2,1H3. The molecule has 1 aromatic carbocycles. The van der Waals surface area contributed by atoms with Crippen LogP contribution in [0.25, 0.3) is 11.0 Å². The van der Waals surface area contributed by atoms with Gasteiger partial charge < -0.3 is 4.57 Å². The van der Waals surface area contributed by atoms with E-state index in [4.69, 9.17) is 0 Å². The molecule has 0 spiro atoms. The van der Waals surface area contributed by atoms with Crippen molar-refractivity contribution in [1.82, 2.24) is 9.55 Å². The van der Waals surface area contributed by atoms with Crippen LogP contribution < -0.4 is 0 Å². The molecule has 1 aromatic heterocycles. The lowest BCUT2D eigenvalue weighted by Crippen LogP contribution is -1.97. The van der Waals surface area contributed by atoms with Gasteiger partial charge >= 0.3 is 0 Å². The first-order valence-corrected chi connectivity index (χ1v) is 6.11. The SMILES string of the molecule is Cn1c(C2CC2)nc2cc(Br)cc(C=O)c21. The highest BCUT2D eigenvalue weighted by atomic mass is 79.9. The normalized spacial score (nSPS) is 15.6. The van der Waals surface area contributed by atoms with Gasteiger partial charge in [-0.2, -0.15) is 0 Å². The largest absolute Gasteiger partial charge is 0.330 e. The lowest BCUT2D eigenvalue weighted by Gasteiger charge is -2.01. The molecule has 0 bridgehead atoms. The second kappa shape index (κ2) is 3.42. The predicted octanol–water partition coefficient (Wildman–Crippen LogP) is 3.03. The molecule has 3 rings (SSSR count). The number of imidazole rings is 1. The lowest BCUT2D eigenvalue weighted by atomic mass is 10.2. The average molecular weight is 279 g/mol. The number of aldehydes is 1. The van der Waals surface area contributed by atoms with Crippen molar-refractivity contribution < 1.29 is 4.79 Å². The first kappa shape index (κ1) is 10.0. The van der Waals surface area contributed by atoms with E-state index in [0.717, 1.165) is 27.6 Å². The van der Waals surface area contributed by atoms with Gasteiger partial charge in [-0.15, -0.1) is 0 Å². The molecule has 0 amide bonds. The summed E-state index contributed by atoms with van der Waals surface area (Å²) in [5, 5.41) is 0. The Bertz CT molecular complexity index is 584. The fraction of sp³-hybridized carbons (Fsp3) is 0.333. The Kier molecular flexibility index (Phi) is 2.14. The third-order valence-electron chi connectivity index (χ3n) is 3.07. The number of nitrogens with zero attached hydrogens (tertiary/aromatic N) is 2. The van der Waals surface area contributed by atoms with E-state index in [1.165, 1.54) is 12.8 Å². The monoisotopic (exact) mass is 278 g/mol. The number of hydrogen-bond acceptors (Lipinski definition) is 2. The smallest absolute Gasteiger partial charge is 0.152 e. The maximum absolute atomic E-state index is 11.1. The van der Waals surface area contributed by atoms with Crippen LogP contribution in [0.5, 0.6) is 0 Å². The summed E-state index contributed by atoms with van der Waals surface area (Å²) in [6.07, 6.45) is 3.33. The second-order valence-corrected chi connectivity index (χ2v) is 5.20. The minimum Gasteiger partial charge on any atom is -0.330 e. The van der Waals surface area contributed by atoms with Crippen LogP contribution >= 0.6 is 15.9 Å². The first-order valence-electron chi connectivity index (χ1n) is 5.31. The van der Waals surface area contributed by atoms with Crippen LogP contribution in [0.15, 0.2) is 16.6 Å². The first-order chi connectivity index (χ1) is 7.70. The molecule has 16 heavy (non-hydrogen) atoms. The van der Waals surface area contributed by atoms with Crippen LogP contribution in [0.4, 0.5) is 0 Å². The molecule has 1 aliphatic carbocycles. The molecule has 0 N–H and O–H groups in total. The van der Waals surface area contributed by atoms with Crippen molar-refractivity contribution in [2.45, 2.75) is 18.8 Å². The third kappa shape index (κ3) is 1.40. The van der Waals surface area contributed by atoms with Crippen molar-refractivity contribution in [3.8, 4) is 0 Å². The van der Waals surface area contributed by atoms with Crippen molar-refractivity contribution in [3.05, 3.63) is 28.0 Å². The quantitative estimate of drug-likeness (QED) is 0.792. The molecule has 0 unspecified atom stereocenters. The van der Waals surface area contributed by atoms with Crippen LogP contribution in [-0.4, -0.2) is 15.8 Å². The van der Waals surface area contributed by atoms with E-state index < -0.39 is 0 Å². The molecular formula is C12H11BrN2O. The minimum atomic E-state index is 0.593. The Hall–Kier alpha value is -1.16. The number of benzene rings is 1. The summed E-state index contributed by atoms with van der Waals surface area (Å²) in [5.41, 5.74) is 2.55. The minimum absolute atomic E-state index is 0.593. The molecule has 2 aromatic rings. The molecule has 0 aliphatic heterocycles. The molecule has 1 fully saturated rings. The highest BCUT2D eigenvalue weighted by Gasteiger charge is 2.29. The molecule has 1 heterocycles. The van der Waals surface area contributed by atoms with Crippen molar-refractivity contribution >= 4 is 33.2 Å². The second-order valence-electron chi connectivity index (χ2n) is 4.28. The number of carbonyl (C=O) groups is 1.